The molecule has 2 rings (SSSR count). The van der Waals surface area contributed by atoms with Gasteiger partial charge in [0.2, 0.25) is 0 Å². The molecule has 0 radical (unpaired) electrons. The molecule has 1 fully saturated rings. The van der Waals surface area contributed by atoms with Crippen molar-refractivity contribution in [3.8, 4) is 0 Å². The predicted octanol–water partition coefficient (Wildman–Crippen LogP) is 5.89. The molecule has 0 spiro atoms. The van der Waals surface area contributed by atoms with E-state index in [0.29, 0.717) is 6.04 Å². The maximum absolute atomic E-state index is 3.67. The first kappa shape index (κ1) is 15.0. The van der Waals surface area contributed by atoms with Gasteiger partial charge in [0, 0.05) is 6.04 Å². The Kier molecular flexibility index (Phi) is 6.19. The molecule has 0 saturated heterocycles. The first-order valence-electron chi connectivity index (χ1n) is 6.82. The summed E-state index contributed by atoms with van der Waals surface area (Å²) in [6.07, 6.45) is 9.87. The molecule has 1 aromatic heterocycles. The minimum Gasteiger partial charge on any atom is -0.313 e. The van der Waals surface area contributed by atoms with Gasteiger partial charge >= 0.3 is 0 Å². The quantitative estimate of drug-likeness (QED) is 0.655. The number of nitrogens with one attached hydrogen (secondary N) is 1. The lowest BCUT2D eigenvalue weighted by molar-refractivity contribution is 0.317. The van der Waals surface area contributed by atoms with Crippen molar-refractivity contribution in [3.63, 3.8) is 0 Å². The van der Waals surface area contributed by atoms with Gasteiger partial charge in [-0.05, 0) is 69.3 Å². The smallest absolute Gasteiger partial charge is 0.0758 e. The van der Waals surface area contributed by atoms with E-state index in [1.165, 1.54) is 58.1 Å². The Balaban J connectivity index is 1.90. The maximum atomic E-state index is 3.67. The van der Waals surface area contributed by atoms with Crippen LogP contribution in [0.1, 0.15) is 56.6 Å². The van der Waals surface area contributed by atoms with E-state index in [0.717, 1.165) is 5.92 Å². The van der Waals surface area contributed by atoms with Gasteiger partial charge in [0.15, 0.2) is 0 Å². The molecule has 0 aromatic carbocycles. The fraction of sp³-hybridized carbons (Fsp3) is 0.714. The Bertz CT molecular complexity index is 372. The molecule has 0 bridgehead atoms. The van der Waals surface area contributed by atoms with Gasteiger partial charge in [0.1, 0.15) is 0 Å². The molecule has 1 aromatic rings. The lowest BCUT2D eigenvalue weighted by Gasteiger charge is -2.24. The molecule has 1 unspecified atom stereocenters. The Morgan fingerprint density at radius 1 is 1.33 bits per heavy atom. The van der Waals surface area contributed by atoms with Crippen molar-refractivity contribution in [2.75, 3.05) is 7.05 Å². The Morgan fingerprint density at radius 2 is 2.06 bits per heavy atom. The molecule has 4 heteroatoms. The molecule has 0 amide bonds. The van der Waals surface area contributed by atoms with E-state index < -0.39 is 0 Å². The van der Waals surface area contributed by atoms with Crippen molar-refractivity contribution in [3.05, 3.63) is 19.2 Å². The molecule has 1 saturated carbocycles. The molecule has 1 heterocycles. The summed E-state index contributed by atoms with van der Waals surface area (Å²) in [7, 11) is 2.07. The van der Waals surface area contributed by atoms with Gasteiger partial charge < -0.3 is 5.32 Å². The highest BCUT2D eigenvalue weighted by molar-refractivity contribution is 9.12. The summed E-state index contributed by atoms with van der Waals surface area (Å²) in [5.41, 5.74) is 1.41. The van der Waals surface area contributed by atoms with Gasteiger partial charge in [-0.3, -0.25) is 0 Å². The van der Waals surface area contributed by atoms with Gasteiger partial charge in [-0.2, -0.15) is 0 Å². The zero-order valence-electron chi connectivity index (χ0n) is 10.8. The van der Waals surface area contributed by atoms with Crippen LogP contribution < -0.4 is 5.32 Å². The molecule has 18 heavy (non-hydrogen) atoms. The van der Waals surface area contributed by atoms with Crippen LogP contribution in [-0.2, 0) is 0 Å². The number of halogens is 2. The normalized spacial score (nSPS) is 19.1. The summed E-state index contributed by atoms with van der Waals surface area (Å²) in [5, 5.41) is 3.47. The summed E-state index contributed by atoms with van der Waals surface area (Å²) < 4.78 is 2.47. The lowest BCUT2D eigenvalue weighted by atomic mass is 9.85. The third-order valence-corrected chi connectivity index (χ3v) is 6.38. The minimum absolute atomic E-state index is 0.490. The van der Waals surface area contributed by atoms with Gasteiger partial charge in [-0.1, -0.05) is 32.1 Å². The summed E-state index contributed by atoms with van der Waals surface area (Å²) in [5.74, 6) is 0.968. The van der Waals surface area contributed by atoms with Crippen molar-refractivity contribution in [1.82, 2.24) is 5.32 Å². The Hall–Kier alpha value is 0.620. The zero-order chi connectivity index (χ0) is 13.0. The van der Waals surface area contributed by atoms with E-state index in [-0.39, 0.29) is 0 Å². The molecular formula is C14H21Br2NS. The Morgan fingerprint density at radius 3 is 2.61 bits per heavy atom. The topological polar surface area (TPSA) is 12.0 Å². The number of hydrogen-bond acceptors (Lipinski definition) is 2. The summed E-state index contributed by atoms with van der Waals surface area (Å²) in [6, 6.07) is 2.74. The highest BCUT2D eigenvalue weighted by atomic mass is 79.9. The largest absolute Gasteiger partial charge is 0.313 e. The fourth-order valence-electron chi connectivity index (χ4n) is 2.92. The SMILES string of the molecule is CNC(CCC1CCCCC1)c1cc(Br)sc1Br. The van der Waals surface area contributed by atoms with Gasteiger partial charge in [0.25, 0.3) is 0 Å². The molecule has 1 aliphatic rings. The van der Waals surface area contributed by atoms with Crippen molar-refractivity contribution in [2.24, 2.45) is 5.92 Å². The van der Waals surface area contributed by atoms with E-state index in [9.17, 15) is 0 Å². The summed E-state index contributed by atoms with van der Waals surface area (Å²) in [4.78, 5) is 0. The van der Waals surface area contributed by atoms with Crippen molar-refractivity contribution in [1.29, 1.82) is 0 Å². The van der Waals surface area contributed by atoms with Gasteiger partial charge in [0.05, 0.1) is 7.57 Å². The second-order valence-corrected chi connectivity index (χ2v) is 8.95. The van der Waals surface area contributed by atoms with Crippen LogP contribution in [0.25, 0.3) is 0 Å². The number of thiophene rings is 1. The van der Waals surface area contributed by atoms with Crippen LogP contribution in [0.15, 0.2) is 13.6 Å². The van der Waals surface area contributed by atoms with Crippen LogP contribution >= 0.6 is 43.2 Å². The van der Waals surface area contributed by atoms with Gasteiger partial charge in [-0.15, -0.1) is 11.3 Å². The van der Waals surface area contributed by atoms with Gasteiger partial charge in [-0.25, -0.2) is 0 Å². The van der Waals surface area contributed by atoms with Crippen LogP contribution in [-0.4, -0.2) is 7.05 Å². The summed E-state index contributed by atoms with van der Waals surface area (Å²) in [6.45, 7) is 0. The Labute approximate surface area is 131 Å². The molecule has 0 aliphatic heterocycles. The molecule has 102 valence electrons. The number of hydrogen-bond donors (Lipinski definition) is 1. The molecule has 1 N–H and O–H groups in total. The van der Waals surface area contributed by atoms with Crippen LogP contribution in [0, 0.1) is 5.92 Å². The van der Waals surface area contributed by atoms with Crippen molar-refractivity contribution in [2.45, 2.75) is 51.0 Å². The predicted molar refractivity (Wildman–Crippen MR) is 87.3 cm³/mol. The second-order valence-electron chi connectivity index (χ2n) is 5.20. The van der Waals surface area contributed by atoms with Crippen LogP contribution in [0.2, 0.25) is 0 Å². The van der Waals surface area contributed by atoms with Crippen molar-refractivity contribution >= 4 is 43.2 Å². The lowest BCUT2D eigenvalue weighted by Crippen LogP contribution is -2.18. The van der Waals surface area contributed by atoms with E-state index in [1.807, 2.05) is 0 Å². The summed E-state index contributed by atoms with van der Waals surface area (Å²) >= 11 is 9.01. The van der Waals surface area contributed by atoms with Crippen molar-refractivity contribution < 1.29 is 0 Å². The third-order valence-electron chi connectivity index (χ3n) is 4.00. The highest BCUT2D eigenvalue weighted by Gasteiger charge is 2.19. The first-order chi connectivity index (χ1) is 8.70. The molecule has 1 nitrogen and oxygen atoms in total. The van der Waals surface area contributed by atoms with Crippen LogP contribution in [0.5, 0.6) is 0 Å². The second kappa shape index (κ2) is 7.41. The zero-order valence-corrected chi connectivity index (χ0v) is 14.8. The van der Waals surface area contributed by atoms with E-state index in [4.69, 9.17) is 0 Å². The highest BCUT2D eigenvalue weighted by Crippen LogP contribution is 2.38. The standard InChI is InChI=1S/C14H21Br2NS/c1-17-12(11-9-13(15)18-14(11)16)8-7-10-5-3-2-4-6-10/h9-10,12,17H,2-8H2,1H3. The van der Waals surface area contributed by atoms with Crippen LogP contribution in [0.4, 0.5) is 0 Å². The molecule has 1 atom stereocenters. The van der Waals surface area contributed by atoms with Crippen LogP contribution in [0.3, 0.4) is 0 Å². The van der Waals surface area contributed by atoms with E-state index >= 15 is 0 Å². The fourth-order valence-corrected chi connectivity index (χ4v) is 5.90. The van der Waals surface area contributed by atoms with E-state index in [2.05, 4.69) is 50.3 Å². The monoisotopic (exact) mass is 393 g/mol. The van der Waals surface area contributed by atoms with E-state index in [1.54, 1.807) is 11.3 Å². The first-order valence-corrected chi connectivity index (χ1v) is 9.23. The third kappa shape index (κ3) is 4.06. The minimum atomic E-state index is 0.490. The molecule has 1 aliphatic carbocycles. The average Bonchev–Trinajstić information content (AvgIpc) is 2.71. The maximum Gasteiger partial charge on any atom is 0.0758 e. The molecular weight excluding hydrogens is 374 g/mol. The average molecular weight is 395 g/mol. The number of rotatable bonds is 5.